The molecule has 4 nitrogen and oxygen atoms in total. The average Bonchev–Trinajstić information content (AvgIpc) is 2.40. The predicted molar refractivity (Wildman–Crippen MR) is 44.3 cm³/mol. The second-order valence-corrected chi connectivity index (χ2v) is 2.50. The summed E-state index contributed by atoms with van der Waals surface area (Å²) in [5, 5.41) is 0. The van der Waals surface area contributed by atoms with E-state index in [2.05, 4.69) is 9.97 Å². The van der Waals surface area contributed by atoms with Gasteiger partial charge in [-0.1, -0.05) is 0 Å². The van der Waals surface area contributed by atoms with Crippen molar-refractivity contribution in [3.63, 3.8) is 0 Å². The maximum absolute atomic E-state index is 5.16. The second-order valence-electron chi connectivity index (χ2n) is 2.50. The van der Waals surface area contributed by atoms with Crippen molar-refractivity contribution < 1.29 is 4.74 Å². The lowest BCUT2D eigenvalue weighted by Crippen LogP contribution is -1.91. The number of rotatable bonds is 1. The number of aryl methyl sites for hydroxylation is 1. The standard InChI is InChI=1S/C8H9N3O/c1-6-7(12-2)11-5-3-4-9-8(11)10-6/h3-5H,1-2H3. The fourth-order valence-corrected chi connectivity index (χ4v) is 1.22. The van der Waals surface area contributed by atoms with Crippen LogP contribution < -0.4 is 4.74 Å². The number of hydrogen-bond donors (Lipinski definition) is 0. The lowest BCUT2D eigenvalue weighted by atomic mass is 10.5. The molecule has 0 spiro atoms. The van der Waals surface area contributed by atoms with Crippen molar-refractivity contribution in [2.45, 2.75) is 6.92 Å². The van der Waals surface area contributed by atoms with Gasteiger partial charge in [0.25, 0.3) is 0 Å². The SMILES string of the molecule is COc1c(C)nc2ncccn12. The van der Waals surface area contributed by atoms with E-state index in [1.165, 1.54) is 0 Å². The lowest BCUT2D eigenvalue weighted by Gasteiger charge is -1.98. The van der Waals surface area contributed by atoms with Gasteiger partial charge in [-0.05, 0) is 13.0 Å². The van der Waals surface area contributed by atoms with Crippen LogP contribution in [0.4, 0.5) is 0 Å². The van der Waals surface area contributed by atoms with E-state index in [1.807, 2.05) is 23.6 Å². The molecule has 2 heterocycles. The molecule has 12 heavy (non-hydrogen) atoms. The topological polar surface area (TPSA) is 39.4 Å². The van der Waals surface area contributed by atoms with E-state index in [9.17, 15) is 0 Å². The Bertz CT molecular complexity index is 408. The van der Waals surface area contributed by atoms with Crippen molar-refractivity contribution >= 4 is 5.78 Å². The highest BCUT2D eigenvalue weighted by Gasteiger charge is 2.07. The van der Waals surface area contributed by atoms with Gasteiger partial charge in [-0.2, -0.15) is 0 Å². The molecule has 0 bridgehead atoms. The number of methoxy groups -OCH3 is 1. The van der Waals surface area contributed by atoms with Gasteiger partial charge in [0.05, 0.1) is 7.11 Å². The van der Waals surface area contributed by atoms with E-state index in [0.717, 1.165) is 11.6 Å². The van der Waals surface area contributed by atoms with Crippen molar-refractivity contribution in [3.8, 4) is 5.88 Å². The molecule has 2 aromatic heterocycles. The van der Waals surface area contributed by atoms with Crippen molar-refractivity contribution in [3.05, 3.63) is 24.2 Å². The minimum atomic E-state index is 0.673. The van der Waals surface area contributed by atoms with Crippen LogP contribution in [0.2, 0.25) is 0 Å². The van der Waals surface area contributed by atoms with Crippen LogP contribution in [0.3, 0.4) is 0 Å². The minimum Gasteiger partial charge on any atom is -0.481 e. The van der Waals surface area contributed by atoms with Crippen LogP contribution in [0.1, 0.15) is 5.69 Å². The summed E-state index contributed by atoms with van der Waals surface area (Å²) in [5.74, 6) is 1.42. The molecule has 0 saturated carbocycles. The van der Waals surface area contributed by atoms with E-state index < -0.39 is 0 Å². The van der Waals surface area contributed by atoms with E-state index in [-0.39, 0.29) is 0 Å². The maximum Gasteiger partial charge on any atom is 0.236 e. The van der Waals surface area contributed by atoms with Crippen molar-refractivity contribution in [1.82, 2.24) is 14.4 Å². The zero-order chi connectivity index (χ0) is 8.55. The molecule has 0 radical (unpaired) electrons. The molecule has 0 aromatic carbocycles. The van der Waals surface area contributed by atoms with Gasteiger partial charge in [0, 0.05) is 12.4 Å². The van der Waals surface area contributed by atoms with Crippen LogP contribution in [0.25, 0.3) is 5.78 Å². The van der Waals surface area contributed by atoms with Gasteiger partial charge in [-0.15, -0.1) is 0 Å². The highest BCUT2D eigenvalue weighted by Crippen LogP contribution is 2.16. The van der Waals surface area contributed by atoms with Crippen LogP contribution in [0.15, 0.2) is 18.5 Å². The molecule has 2 rings (SSSR count). The minimum absolute atomic E-state index is 0.673. The van der Waals surface area contributed by atoms with Crippen molar-refractivity contribution in [1.29, 1.82) is 0 Å². The summed E-state index contributed by atoms with van der Waals surface area (Å²) in [6, 6.07) is 1.84. The molecule has 0 atom stereocenters. The van der Waals surface area contributed by atoms with Gasteiger partial charge in [0.1, 0.15) is 5.69 Å². The smallest absolute Gasteiger partial charge is 0.236 e. The van der Waals surface area contributed by atoms with Crippen molar-refractivity contribution in [2.24, 2.45) is 0 Å². The van der Waals surface area contributed by atoms with E-state index in [4.69, 9.17) is 4.74 Å². The summed E-state index contributed by atoms with van der Waals surface area (Å²) in [5.41, 5.74) is 0.858. The van der Waals surface area contributed by atoms with Crippen molar-refractivity contribution in [2.75, 3.05) is 7.11 Å². The highest BCUT2D eigenvalue weighted by molar-refractivity contribution is 5.38. The molecule has 0 aliphatic heterocycles. The number of nitrogens with zero attached hydrogens (tertiary/aromatic N) is 3. The Kier molecular flexibility index (Phi) is 1.46. The summed E-state index contributed by atoms with van der Waals surface area (Å²) >= 11 is 0. The van der Waals surface area contributed by atoms with Crippen LogP contribution >= 0.6 is 0 Å². The molecule has 0 N–H and O–H groups in total. The van der Waals surface area contributed by atoms with Crippen LogP contribution in [0, 0.1) is 6.92 Å². The third-order valence-electron chi connectivity index (χ3n) is 1.72. The summed E-state index contributed by atoms with van der Waals surface area (Å²) < 4.78 is 6.97. The number of hydrogen-bond acceptors (Lipinski definition) is 3. The molecule has 0 amide bonds. The molecular weight excluding hydrogens is 154 g/mol. The van der Waals surface area contributed by atoms with E-state index in [1.54, 1.807) is 13.3 Å². The van der Waals surface area contributed by atoms with Gasteiger partial charge < -0.3 is 4.74 Å². The van der Waals surface area contributed by atoms with Crippen LogP contribution in [0.5, 0.6) is 5.88 Å². The average molecular weight is 163 g/mol. The first-order valence-corrected chi connectivity index (χ1v) is 3.66. The Balaban J connectivity index is 2.81. The van der Waals surface area contributed by atoms with E-state index >= 15 is 0 Å². The van der Waals surface area contributed by atoms with Gasteiger partial charge in [0.2, 0.25) is 11.7 Å². The molecule has 62 valence electrons. The second kappa shape index (κ2) is 2.48. The number of aromatic nitrogens is 3. The van der Waals surface area contributed by atoms with Gasteiger partial charge in [0.15, 0.2) is 0 Å². The molecular formula is C8H9N3O. The van der Waals surface area contributed by atoms with E-state index in [0.29, 0.717) is 5.78 Å². The monoisotopic (exact) mass is 163 g/mol. The Labute approximate surface area is 69.8 Å². The largest absolute Gasteiger partial charge is 0.481 e. The number of fused-ring (bicyclic) bond motifs is 1. The summed E-state index contributed by atoms with van der Waals surface area (Å²) in [6.45, 7) is 1.90. The third-order valence-corrected chi connectivity index (χ3v) is 1.72. The summed E-state index contributed by atoms with van der Waals surface area (Å²) in [4.78, 5) is 8.29. The Hall–Kier alpha value is -1.58. The predicted octanol–water partition coefficient (Wildman–Crippen LogP) is 1.05. The molecule has 4 heteroatoms. The molecule has 0 aliphatic carbocycles. The fraction of sp³-hybridized carbons (Fsp3) is 0.250. The van der Waals surface area contributed by atoms with Crippen LogP contribution in [-0.4, -0.2) is 21.5 Å². The first kappa shape index (κ1) is 7.09. The molecule has 0 saturated heterocycles. The van der Waals surface area contributed by atoms with Gasteiger partial charge in [-0.25, -0.2) is 9.97 Å². The van der Waals surface area contributed by atoms with Gasteiger partial charge >= 0.3 is 0 Å². The summed E-state index contributed by atoms with van der Waals surface area (Å²) in [7, 11) is 1.63. The number of imidazole rings is 1. The third kappa shape index (κ3) is 0.845. The Morgan fingerprint density at radius 3 is 3.08 bits per heavy atom. The Morgan fingerprint density at radius 1 is 1.50 bits per heavy atom. The zero-order valence-electron chi connectivity index (χ0n) is 6.98. The summed E-state index contributed by atoms with van der Waals surface area (Å²) in [6.07, 6.45) is 3.59. The first-order chi connectivity index (χ1) is 5.83. The molecule has 0 unspecified atom stereocenters. The maximum atomic E-state index is 5.16. The normalized spacial score (nSPS) is 10.5. The van der Waals surface area contributed by atoms with Gasteiger partial charge in [-0.3, -0.25) is 4.40 Å². The molecule has 0 aliphatic rings. The Morgan fingerprint density at radius 2 is 2.33 bits per heavy atom. The number of ether oxygens (including phenoxy) is 1. The quantitative estimate of drug-likeness (QED) is 0.630. The zero-order valence-corrected chi connectivity index (χ0v) is 6.98. The molecule has 2 aromatic rings. The molecule has 0 fully saturated rings. The first-order valence-electron chi connectivity index (χ1n) is 3.66. The fourth-order valence-electron chi connectivity index (χ4n) is 1.22. The van der Waals surface area contributed by atoms with Crippen LogP contribution in [-0.2, 0) is 0 Å². The highest BCUT2D eigenvalue weighted by atomic mass is 16.5. The lowest BCUT2D eigenvalue weighted by molar-refractivity contribution is 0.390.